The Morgan fingerprint density at radius 1 is 1.45 bits per heavy atom. The lowest BCUT2D eigenvalue weighted by Crippen LogP contribution is -2.41. The molecule has 1 unspecified atom stereocenters. The van der Waals surface area contributed by atoms with Gasteiger partial charge in [0.25, 0.3) is 0 Å². The Balaban J connectivity index is 1.68. The van der Waals surface area contributed by atoms with Gasteiger partial charge in [0.05, 0.1) is 12.6 Å². The Hall–Kier alpha value is -1.38. The summed E-state index contributed by atoms with van der Waals surface area (Å²) in [5.74, 6) is 1.17. The standard InChI is InChI=1S/C15H25N5/c1-3-18-15(2,13-16)6-4-5-8-19-10-11-20-9-7-17-14(20)12-19/h7,9,18H,3-6,8,10-12H2,1-2H3. The average Bonchev–Trinajstić information content (AvgIpc) is 2.91. The first-order valence-corrected chi connectivity index (χ1v) is 7.55. The summed E-state index contributed by atoms with van der Waals surface area (Å²) >= 11 is 0. The average molecular weight is 275 g/mol. The summed E-state index contributed by atoms with van der Waals surface area (Å²) in [5.41, 5.74) is -0.368. The molecule has 1 aliphatic heterocycles. The van der Waals surface area contributed by atoms with Crippen LogP contribution in [0.3, 0.4) is 0 Å². The van der Waals surface area contributed by atoms with Crippen molar-refractivity contribution in [2.75, 3.05) is 19.6 Å². The number of imidazole rings is 1. The third-order valence-electron chi connectivity index (χ3n) is 4.04. The van der Waals surface area contributed by atoms with E-state index in [0.717, 1.165) is 52.0 Å². The molecule has 2 heterocycles. The Kier molecular flexibility index (Phi) is 5.16. The number of hydrogen-bond acceptors (Lipinski definition) is 4. The highest BCUT2D eigenvalue weighted by Crippen LogP contribution is 2.15. The molecule has 1 atom stereocenters. The molecule has 0 aliphatic carbocycles. The van der Waals surface area contributed by atoms with Crippen LogP contribution in [0, 0.1) is 11.3 Å². The zero-order valence-electron chi connectivity index (χ0n) is 12.6. The minimum Gasteiger partial charge on any atom is -0.333 e. The number of nitrogens with zero attached hydrogens (tertiary/aromatic N) is 4. The van der Waals surface area contributed by atoms with Gasteiger partial charge < -0.3 is 4.57 Å². The first kappa shape index (κ1) is 15.0. The second-order valence-corrected chi connectivity index (χ2v) is 5.74. The molecule has 20 heavy (non-hydrogen) atoms. The van der Waals surface area contributed by atoms with Gasteiger partial charge in [-0.3, -0.25) is 10.2 Å². The number of aromatic nitrogens is 2. The molecular formula is C15H25N5. The van der Waals surface area contributed by atoms with Gasteiger partial charge in [0, 0.05) is 25.5 Å². The molecule has 1 N–H and O–H groups in total. The molecule has 0 radical (unpaired) electrons. The lowest BCUT2D eigenvalue weighted by molar-refractivity contribution is 0.210. The lowest BCUT2D eigenvalue weighted by atomic mass is 9.96. The Labute approximate surface area is 121 Å². The predicted molar refractivity (Wildman–Crippen MR) is 79.0 cm³/mol. The van der Waals surface area contributed by atoms with E-state index in [4.69, 9.17) is 0 Å². The van der Waals surface area contributed by atoms with Crippen molar-refractivity contribution >= 4 is 0 Å². The quantitative estimate of drug-likeness (QED) is 0.770. The monoisotopic (exact) mass is 275 g/mol. The SMILES string of the molecule is CCNC(C)(C#N)CCCCN1CCn2ccnc2C1. The van der Waals surface area contributed by atoms with Gasteiger partial charge in [-0.1, -0.05) is 6.92 Å². The summed E-state index contributed by atoms with van der Waals surface area (Å²) in [6, 6.07) is 2.39. The molecule has 5 heteroatoms. The normalized spacial score (nSPS) is 18.2. The fourth-order valence-electron chi connectivity index (χ4n) is 2.80. The molecule has 0 fully saturated rings. The van der Waals surface area contributed by atoms with E-state index in [1.54, 1.807) is 0 Å². The van der Waals surface area contributed by atoms with Crippen LogP contribution in [0.1, 0.15) is 38.9 Å². The van der Waals surface area contributed by atoms with Gasteiger partial charge in [-0.15, -0.1) is 0 Å². The molecule has 0 spiro atoms. The van der Waals surface area contributed by atoms with E-state index in [0.29, 0.717) is 0 Å². The second kappa shape index (κ2) is 6.87. The van der Waals surface area contributed by atoms with Crippen LogP contribution in [0.2, 0.25) is 0 Å². The van der Waals surface area contributed by atoms with Gasteiger partial charge >= 0.3 is 0 Å². The summed E-state index contributed by atoms with van der Waals surface area (Å²) in [7, 11) is 0. The van der Waals surface area contributed by atoms with Crippen LogP contribution in [0.4, 0.5) is 0 Å². The third kappa shape index (κ3) is 3.81. The molecule has 5 nitrogen and oxygen atoms in total. The molecule has 0 saturated heterocycles. The van der Waals surface area contributed by atoms with Crippen LogP contribution in [0.25, 0.3) is 0 Å². The van der Waals surface area contributed by atoms with Crippen LogP contribution >= 0.6 is 0 Å². The third-order valence-corrected chi connectivity index (χ3v) is 4.04. The fraction of sp³-hybridized carbons (Fsp3) is 0.733. The Morgan fingerprint density at radius 2 is 2.30 bits per heavy atom. The van der Waals surface area contributed by atoms with Crippen molar-refractivity contribution < 1.29 is 0 Å². The van der Waals surface area contributed by atoms with Crippen LogP contribution in [-0.2, 0) is 13.1 Å². The van der Waals surface area contributed by atoms with Gasteiger partial charge in [0.2, 0.25) is 0 Å². The first-order valence-electron chi connectivity index (χ1n) is 7.55. The van der Waals surface area contributed by atoms with Gasteiger partial charge in [-0.05, 0) is 39.3 Å². The van der Waals surface area contributed by atoms with Crippen LogP contribution in [0.5, 0.6) is 0 Å². The highest BCUT2D eigenvalue weighted by molar-refractivity contribution is 5.03. The maximum Gasteiger partial charge on any atom is 0.122 e. The van der Waals surface area contributed by atoms with Crippen molar-refractivity contribution in [2.24, 2.45) is 0 Å². The maximum atomic E-state index is 9.22. The molecule has 0 saturated carbocycles. The smallest absolute Gasteiger partial charge is 0.122 e. The van der Waals surface area contributed by atoms with E-state index < -0.39 is 0 Å². The number of fused-ring (bicyclic) bond motifs is 1. The van der Waals surface area contributed by atoms with Crippen LogP contribution in [-0.4, -0.2) is 39.6 Å². The summed E-state index contributed by atoms with van der Waals surface area (Å²) in [4.78, 5) is 6.84. The minimum atomic E-state index is -0.368. The van der Waals surface area contributed by atoms with E-state index in [9.17, 15) is 5.26 Å². The number of hydrogen-bond donors (Lipinski definition) is 1. The molecule has 110 valence electrons. The zero-order chi connectivity index (χ0) is 14.4. The Morgan fingerprint density at radius 3 is 3.05 bits per heavy atom. The van der Waals surface area contributed by atoms with E-state index in [1.165, 1.54) is 5.82 Å². The van der Waals surface area contributed by atoms with Crippen molar-refractivity contribution in [3.8, 4) is 6.07 Å². The number of nitriles is 1. The lowest BCUT2D eigenvalue weighted by Gasteiger charge is -2.28. The largest absolute Gasteiger partial charge is 0.333 e. The minimum absolute atomic E-state index is 0.368. The van der Waals surface area contributed by atoms with Crippen molar-refractivity contribution in [3.63, 3.8) is 0 Å². The Bertz CT molecular complexity index is 461. The summed E-state index contributed by atoms with van der Waals surface area (Å²) in [5, 5.41) is 12.5. The zero-order valence-corrected chi connectivity index (χ0v) is 12.6. The number of nitrogens with one attached hydrogen (secondary N) is 1. The molecular weight excluding hydrogens is 250 g/mol. The van der Waals surface area contributed by atoms with E-state index >= 15 is 0 Å². The first-order chi connectivity index (χ1) is 9.67. The van der Waals surface area contributed by atoms with Gasteiger partial charge in [-0.25, -0.2) is 4.98 Å². The predicted octanol–water partition coefficient (Wildman–Crippen LogP) is 1.76. The summed E-state index contributed by atoms with van der Waals surface area (Å²) < 4.78 is 2.23. The number of unbranched alkanes of at least 4 members (excludes halogenated alkanes) is 1. The molecule has 0 amide bonds. The summed E-state index contributed by atoms with van der Waals surface area (Å²) in [6.07, 6.45) is 7.08. The van der Waals surface area contributed by atoms with Crippen LogP contribution in [0.15, 0.2) is 12.4 Å². The molecule has 1 aromatic heterocycles. The second-order valence-electron chi connectivity index (χ2n) is 5.74. The highest BCUT2D eigenvalue weighted by atomic mass is 15.2. The van der Waals surface area contributed by atoms with Crippen LogP contribution < -0.4 is 5.32 Å². The van der Waals surface area contributed by atoms with E-state index in [-0.39, 0.29) is 5.54 Å². The van der Waals surface area contributed by atoms with Gasteiger partial charge in [0.1, 0.15) is 11.4 Å². The van der Waals surface area contributed by atoms with Crippen molar-refractivity contribution in [2.45, 2.75) is 51.7 Å². The molecule has 1 aromatic rings. The summed E-state index contributed by atoms with van der Waals surface area (Å²) in [6.45, 7) is 9.09. The molecule has 1 aliphatic rings. The van der Waals surface area contributed by atoms with E-state index in [1.807, 2.05) is 20.0 Å². The van der Waals surface area contributed by atoms with Gasteiger partial charge in [0.15, 0.2) is 0 Å². The highest BCUT2D eigenvalue weighted by Gasteiger charge is 2.22. The molecule has 0 aromatic carbocycles. The fourth-order valence-corrected chi connectivity index (χ4v) is 2.80. The molecule has 2 rings (SSSR count). The topological polar surface area (TPSA) is 56.9 Å². The van der Waals surface area contributed by atoms with Crippen molar-refractivity contribution in [1.29, 1.82) is 5.26 Å². The van der Waals surface area contributed by atoms with E-state index in [2.05, 4.69) is 32.0 Å². The van der Waals surface area contributed by atoms with Crippen molar-refractivity contribution in [3.05, 3.63) is 18.2 Å². The van der Waals surface area contributed by atoms with Gasteiger partial charge in [-0.2, -0.15) is 5.26 Å². The number of rotatable bonds is 7. The van der Waals surface area contributed by atoms with Crippen molar-refractivity contribution in [1.82, 2.24) is 19.8 Å². The maximum absolute atomic E-state index is 9.22. The molecule has 0 bridgehead atoms.